The first-order chi connectivity index (χ1) is 7.27. The molecule has 1 radical (unpaired) electrons. The number of allylic oxidation sites excluding steroid dienone is 1. The van der Waals surface area contributed by atoms with Gasteiger partial charge in [0, 0.05) is 5.92 Å². The third kappa shape index (κ3) is 1.90. The molecule has 1 aliphatic rings. The van der Waals surface area contributed by atoms with Crippen LogP contribution >= 0.6 is 0 Å². The monoisotopic (exact) mass is 197 g/mol. The molecule has 0 aromatic heterocycles. The highest BCUT2D eigenvalue weighted by Crippen LogP contribution is 2.43. The number of benzene rings is 1. The Morgan fingerprint density at radius 2 is 2.00 bits per heavy atom. The number of hydrogen-bond donors (Lipinski definition) is 0. The molecule has 1 unspecified atom stereocenters. The van der Waals surface area contributed by atoms with E-state index in [0.29, 0.717) is 0 Å². The summed E-state index contributed by atoms with van der Waals surface area (Å²) in [4.78, 5) is 0. The maximum Gasteiger partial charge on any atom is 0.00216 e. The lowest BCUT2D eigenvalue weighted by Crippen LogP contribution is -1.97. The highest BCUT2D eigenvalue weighted by atomic mass is 14.3. The van der Waals surface area contributed by atoms with E-state index in [-0.39, 0.29) is 5.92 Å². The van der Waals surface area contributed by atoms with Crippen LogP contribution in [0.2, 0.25) is 0 Å². The van der Waals surface area contributed by atoms with Crippen molar-refractivity contribution in [3.05, 3.63) is 61.0 Å². The van der Waals surface area contributed by atoms with Crippen molar-refractivity contribution in [2.75, 3.05) is 0 Å². The van der Waals surface area contributed by atoms with E-state index >= 15 is 0 Å². The fraction of sp³-hybridized carbons (Fsp3) is 0.267. The van der Waals surface area contributed by atoms with E-state index in [1.54, 1.807) is 0 Å². The molecule has 0 bridgehead atoms. The van der Waals surface area contributed by atoms with Gasteiger partial charge >= 0.3 is 0 Å². The summed E-state index contributed by atoms with van der Waals surface area (Å²) >= 11 is 0. The quantitative estimate of drug-likeness (QED) is 0.631. The van der Waals surface area contributed by atoms with E-state index in [1.165, 1.54) is 29.5 Å². The maximum absolute atomic E-state index is 4.09. The van der Waals surface area contributed by atoms with Crippen LogP contribution in [-0.2, 0) is 0 Å². The first kappa shape index (κ1) is 10.2. The van der Waals surface area contributed by atoms with Crippen LogP contribution in [0.15, 0.2) is 37.4 Å². The minimum Gasteiger partial charge on any atom is -0.102 e. The van der Waals surface area contributed by atoms with Crippen molar-refractivity contribution < 1.29 is 0 Å². The van der Waals surface area contributed by atoms with Crippen LogP contribution in [0.5, 0.6) is 0 Å². The van der Waals surface area contributed by atoms with Gasteiger partial charge in [-0.3, -0.25) is 0 Å². The van der Waals surface area contributed by atoms with Gasteiger partial charge in [0.15, 0.2) is 0 Å². The van der Waals surface area contributed by atoms with Gasteiger partial charge in [-0.2, -0.15) is 0 Å². The Hall–Kier alpha value is -1.30. The molecule has 1 atom stereocenters. The van der Waals surface area contributed by atoms with Gasteiger partial charge in [-0.05, 0) is 42.4 Å². The second-order valence-electron chi connectivity index (χ2n) is 4.17. The smallest absolute Gasteiger partial charge is 0.00216 e. The number of hydrogen-bond acceptors (Lipinski definition) is 0. The minimum absolute atomic E-state index is 0.164. The van der Waals surface area contributed by atoms with E-state index < -0.39 is 0 Å². The molecule has 0 N–H and O–H groups in total. The zero-order chi connectivity index (χ0) is 10.8. The van der Waals surface area contributed by atoms with E-state index in [4.69, 9.17) is 0 Å². The van der Waals surface area contributed by atoms with Crippen molar-refractivity contribution in [2.24, 2.45) is 0 Å². The van der Waals surface area contributed by atoms with E-state index in [1.807, 2.05) is 12.2 Å². The van der Waals surface area contributed by atoms with Crippen LogP contribution in [0.25, 0.3) is 6.08 Å². The lowest BCUT2D eigenvalue weighted by molar-refractivity contribution is 1.04. The van der Waals surface area contributed by atoms with Crippen LogP contribution in [0, 0.1) is 6.92 Å². The molecule has 1 fully saturated rings. The van der Waals surface area contributed by atoms with Crippen LogP contribution in [0.1, 0.15) is 41.4 Å². The topological polar surface area (TPSA) is 0 Å². The van der Waals surface area contributed by atoms with Crippen LogP contribution < -0.4 is 0 Å². The first-order valence-corrected chi connectivity index (χ1v) is 5.48. The van der Waals surface area contributed by atoms with Gasteiger partial charge in [0.25, 0.3) is 0 Å². The minimum atomic E-state index is 0.164. The number of rotatable bonds is 4. The Balaban J connectivity index is 2.48. The Bertz CT molecular complexity index is 383. The van der Waals surface area contributed by atoms with Gasteiger partial charge in [-0.25, -0.2) is 0 Å². The molecule has 0 nitrogen and oxygen atoms in total. The Morgan fingerprint density at radius 3 is 2.53 bits per heavy atom. The SMILES string of the molecule is [CH2]C(C=C)c1cccc(C2CC2)c1C=C. The predicted molar refractivity (Wildman–Crippen MR) is 66.8 cm³/mol. The summed E-state index contributed by atoms with van der Waals surface area (Å²) in [5.41, 5.74) is 3.97. The fourth-order valence-corrected chi connectivity index (χ4v) is 2.04. The third-order valence-corrected chi connectivity index (χ3v) is 3.08. The zero-order valence-corrected chi connectivity index (χ0v) is 9.08. The summed E-state index contributed by atoms with van der Waals surface area (Å²) in [6, 6.07) is 6.47. The van der Waals surface area contributed by atoms with Crippen LogP contribution in [0.4, 0.5) is 0 Å². The van der Waals surface area contributed by atoms with Crippen molar-refractivity contribution >= 4 is 6.08 Å². The summed E-state index contributed by atoms with van der Waals surface area (Å²) in [6.45, 7) is 11.8. The molecule has 1 aromatic rings. The molecular formula is C15H17. The molecule has 15 heavy (non-hydrogen) atoms. The molecule has 1 aliphatic carbocycles. The van der Waals surface area contributed by atoms with Gasteiger partial charge in [0.05, 0.1) is 0 Å². The Morgan fingerprint density at radius 1 is 1.27 bits per heavy atom. The third-order valence-electron chi connectivity index (χ3n) is 3.08. The molecular weight excluding hydrogens is 180 g/mol. The highest BCUT2D eigenvalue weighted by molar-refractivity contribution is 5.60. The summed E-state index contributed by atoms with van der Waals surface area (Å²) in [7, 11) is 0. The van der Waals surface area contributed by atoms with Gasteiger partial charge < -0.3 is 0 Å². The maximum atomic E-state index is 4.09. The second kappa shape index (κ2) is 4.06. The van der Waals surface area contributed by atoms with E-state index in [2.05, 4.69) is 38.3 Å². The summed E-state index contributed by atoms with van der Waals surface area (Å²) in [6.07, 6.45) is 6.49. The molecule has 77 valence electrons. The van der Waals surface area contributed by atoms with Crippen LogP contribution in [-0.4, -0.2) is 0 Å². The lowest BCUT2D eigenvalue weighted by Gasteiger charge is -2.14. The fourth-order valence-electron chi connectivity index (χ4n) is 2.04. The van der Waals surface area contributed by atoms with Gasteiger partial charge in [-0.15, -0.1) is 6.58 Å². The second-order valence-corrected chi connectivity index (χ2v) is 4.17. The van der Waals surface area contributed by atoms with E-state index in [0.717, 1.165) is 5.92 Å². The van der Waals surface area contributed by atoms with Gasteiger partial charge in [0.1, 0.15) is 0 Å². The van der Waals surface area contributed by atoms with Crippen molar-refractivity contribution in [3.8, 4) is 0 Å². The standard InChI is InChI=1S/C15H17/c1-4-11(3)14-7-6-8-15(12-9-10-12)13(14)5-2/h4-8,11-12H,1-3,9-10H2. The van der Waals surface area contributed by atoms with Gasteiger partial charge in [-0.1, -0.05) is 36.9 Å². The highest BCUT2D eigenvalue weighted by Gasteiger charge is 2.26. The molecule has 0 aliphatic heterocycles. The molecule has 0 amide bonds. The molecule has 2 rings (SSSR count). The van der Waals surface area contributed by atoms with Crippen molar-refractivity contribution in [1.82, 2.24) is 0 Å². The summed E-state index contributed by atoms with van der Waals surface area (Å²) in [5.74, 6) is 0.923. The Labute approximate surface area is 92.3 Å². The summed E-state index contributed by atoms with van der Waals surface area (Å²) < 4.78 is 0. The van der Waals surface area contributed by atoms with E-state index in [9.17, 15) is 0 Å². The Kier molecular flexibility index (Phi) is 2.77. The normalized spacial score (nSPS) is 17.1. The molecule has 1 aromatic carbocycles. The average Bonchev–Trinajstić information content (AvgIpc) is 3.10. The molecule has 0 heterocycles. The largest absolute Gasteiger partial charge is 0.102 e. The van der Waals surface area contributed by atoms with Crippen molar-refractivity contribution in [3.63, 3.8) is 0 Å². The molecule has 0 heteroatoms. The van der Waals surface area contributed by atoms with Crippen molar-refractivity contribution in [1.29, 1.82) is 0 Å². The lowest BCUT2D eigenvalue weighted by atomic mass is 9.90. The van der Waals surface area contributed by atoms with Crippen molar-refractivity contribution in [2.45, 2.75) is 24.7 Å². The van der Waals surface area contributed by atoms with Gasteiger partial charge in [0.2, 0.25) is 0 Å². The molecule has 1 saturated carbocycles. The zero-order valence-electron chi connectivity index (χ0n) is 9.08. The first-order valence-electron chi connectivity index (χ1n) is 5.48. The average molecular weight is 197 g/mol. The van der Waals surface area contributed by atoms with Crippen LogP contribution in [0.3, 0.4) is 0 Å². The predicted octanol–water partition coefficient (Wildman–Crippen LogP) is 4.31. The summed E-state index contributed by atoms with van der Waals surface area (Å²) in [5, 5.41) is 0. The molecule has 0 spiro atoms. The molecule has 0 saturated heterocycles.